The number of carbonyl (C=O) groups excluding carboxylic acids is 2. The molecule has 29 heavy (non-hydrogen) atoms. The first-order valence-corrected chi connectivity index (χ1v) is 10.0. The molecular formula is C19H15BrFN3O4S. The zero-order valence-corrected chi connectivity index (χ0v) is 17.2. The van der Waals surface area contributed by atoms with E-state index in [1.807, 2.05) is 0 Å². The molecule has 0 saturated heterocycles. The number of nitrogens with zero attached hydrogens (tertiary/aromatic N) is 2. The zero-order chi connectivity index (χ0) is 21.1. The average Bonchev–Trinajstić information content (AvgIpc) is 2.96. The smallest absolute Gasteiger partial charge is 0.323 e. The normalized spacial score (nSPS) is 15.9. The number of halogens is 2. The van der Waals surface area contributed by atoms with Gasteiger partial charge in [0.1, 0.15) is 12.4 Å². The van der Waals surface area contributed by atoms with E-state index in [0.29, 0.717) is 16.5 Å². The Labute approximate surface area is 177 Å². The monoisotopic (exact) mass is 479 g/mol. The lowest BCUT2D eigenvalue weighted by molar-refractivity contribution is -0.135. The number of carboxylic acid groups (broad SMARTS) is 1. The van der Waals surface area contributed by atoms with Crippen LogP contribution in [0.5, 0.6) is 0 Å². The molecule has 3 rings (SSSR count). The first-order chi connectivity index (χ1) is 13.7. The Morgan fingerprint density at radius 2 is 2.03 bits per heavy atom. The number of aliphatic carboxylic acids is 1. The zero-order valence-electron chi connectivity index (χ0n) is 14.8. The van der Waals surface area contributed by atoms with Crippen LogP contribution in [-0.4, -0.2) is 39.9 Å². The van der Waals surface area contributed by atoms with E-state index in [2.05, 4.69) is 20.9 Å². The minimum atomic E-state index is -1.28. The quantitative estimate of drug-likeness (QED) is 0.658. The first kappa shape index (κ1) is 21.0. The molecule has 3 N–H and O–H groups in total. The molecule has 1 atom stereocenters. The Morgan fingerprint density at radius 3 is 2.66 bits per heavy atom. The number of rotatable bonds is 6. The molecule has 2 amide bonds. The Hall–Kier alpha value is -2.72. The van der Waals surface area contributed by atoms with E-state index >= 15 is 0 Å². The van der Waals surface area contributed by atoms with E-state index in [0.717, 1.165) is 22.7 Å². The number of hydrogen-bond acceptors (Lipinski definition) is 5. The van der Waals surface area contributed by atoms with Crippen LogP contribution in [0.25, 0.3) is 0 Å². The molecule has 150 valence electrons. The van der Waals surface area contributed by atoms with Crippen LogP contribution < -0.4 is 10.6 Å². The van der Waals surface area contributed by atoms with Gasteiger partial charge in [-0.15, -0.1) is 0 Å². The predicted octanol–water partition coefficient (Wildman–Crippen LogP) is 2.82. The fraction of sp³-hybridized carbons (Fsp3) is 0.158. The molecule has 0 spiro atoms. The molecule has 0 aliphatic carbocycles. The second-order valence-electron chi connectivity index (χ2n) is 6.18. The average molecular weight is 480 g/mol. The minimum absolute atomic E-state index is 0.145. The molecule has 0 fully saturated rings. The number of carbonyl (C=O) groups is 3. The highest BCUT2D eigenvalue weighted by atomic mass is 79.9. The number of anilines is 1. The van der Waals surface area contributed by atoms with Crippen LogP contribution in [0.1, 0.15) is 15.9 Å². The van der Waals surface area contributed by atoms with E-state index in [-0.39, 0.29) is 22.3 Å². The van der Waals surface area contributed by atoms with Crippen molar-refractivity contribution in [3.05, 3.63) is 63.9 Å². The standard InChI is InChI=1S/C19H15BrFN3O4S/c20-12-4-5-14(13(21)8-12)24(9-16(25)26)18(28)11-3-1-2-10(6-11)7-15-17(27)23-19(22)29-15/h1-6,8,15H,7,9H2,(H,25,26)(H2,22,23,27). The van der Waals surface area contributed by atoms with Gasteiger partial charge in [-0.25, -0.2) is 4.39 Å². The lowest BCUT2D eigenvalue weighted by Gasteiger charge is -2.22. The van der Waals surface area contributed by atoms with Gasteiger partial charge in [-0.2, -0.15) is 4.99 Å². The summed E-state index contributed by atoms with van der Waals surface area (Å²) in [6.07, 6.45) is 0.306. The molecule has 0 saturated carbocycles. The summed E-state index contributed by atoms with van der Waals surface area (Å²) in [4.78, 5) is 40.6. The van der Waals surface area contributed by atoms with Crippen LogP contribution in [0, 0.1) is 5.82 Å². The van der Waals surface area contributed by atoms with Crippen molar-refractivity contribution in [1.29, 1.82) is 0 Å². The SMILES string of the molecule is NC1=NC(=O)C(Cc2cccc(C(=O)N(CC(=O)O)c3ccc(Br)cc3F)c2)S1. The molecule has 1 aliphatic heterocycles. The number of carboxylic acids is 1. The van der Waals surface area contributed by atoms with Crippen LogP contribution >= 0.6 is 27.7 Å². The topological polar surface area (TPSA) is 113 Å². The lowest BCUT2D eigenvalue weighted by atomic mass is 10.0. The fourth-order valence-corrected chi connectivity index (χ4v) is 4.03. The van der Waals surface area contributed by atoms with Gasteiger partial charge in [-0.1, -0.05) is 39.8 Å². The third kappa shape index (κ3) is 5.01. The molecule has 1 unspecified atom stereocenters. The second kappa shape index (κ2) is 8.75. The summed E-state index contributed by atoms with van der Waals surface area (Å²) >= 11 is 4.28. The lowest BCUT2D eigenvalue weighted by Crippen LogP contribution is -2.36. The number of amidine groups is 1. The Kier molecular flexibility index (Phi) is 6.33. The number of thioether (sulfide) groups is 1. The molecule has 2 aromatic rings. The third-order valence-corrected chi connectivity index (χ3v) is 5.57. The summed E-state index contributed by atoms with van der Waals surface area (Å²) in [7, 11) is 0. The van der Waals surface area contributed by atoms with Gasteiger partial charge in [0.05, 0.1) is 10.9 Å². The molecular weight excluding hydrogens is 465 g/mol. The van der Waals surface area contributed by atoms with E-state index in [9.17, 15) is 23.9 Å². The van der Waals surface area contributed by atoms with Crippen molar-refractivity contribution in [2.24, 2.45) is 10.7 Å². The number of nitrogens with two attached hydrogens (primary N) is 1. The summed E-state index contributed by atoms with van der Waals surface area (Å²) in [5, 5.41) is 8.92. The molecule has 1 heterocycles. The van der Waals surface area contributed by atoms with Crippen LogP contribution in [-0.2, 0) is 16.0 Å². The van der Waals surface area contributed by atoms with Crippen molar-refractivity contribution in [3.8, 4) is 0 Å². The highest BCUT2D eigenvalue weighted by Crippen LogP contribution is 2.26. The van der Waals surface area contributed by atoms with Crippen LogP contribution in [0.3, 0.4) is 0 Å². The highest BCUT2D eigenvalue weighted by molar-refractivity contribution is 9.10. The number of benzene rings is 2. The van der Waals surface area contributed by atoms with Crippen molar-refractivity contribution in [1.82, 2.24) is 0 Å². The van der Waals surface area contributed by atoms with E-state index in [4.69, 9.17) is 5.73 Å². The molecule has 1 aliphatic rings. The predicted molar refractivity (Wildman–Crippen MR) is 112 cm³/mol. The molecule has 0 bridgehead atoms. The summed E-state index contributed by atoms with van der Waals surface area (Å²) in [5.41, 5.74) is 6.27. The molecule has 7 nitrogen and oxygen atoms in total. The van der Waals surface area contributed by atoms with Crippen molar-refractivity contribution < 1.29 is 23.9 Å². The highest BCUT2D eigenvalue weighted by Gasteiger charge is 2.28. The van der Waals surface area contributed by atoms with E-state index in [1.165, 1.54) is 18.2 Å². The van der Waals surface area contributed by atoms with Gasteiger partial charge in [-0.05, 0) is 42.3 Å². The number of aliphatic imine (C=N–C) groups is 1. The largest absolute Gasteiger partial charge is 0.480 e. The Morgan fingerprint density at radius 1 is 1.28 bits per heavy atom. The summed E-state index contributed by atoms with van der Waals surface area (Å²) in [6.45, 7) is -0.705. The first-order valence-electron chi connectivity index (χ1n) is 8.37. The van der Waals surface area contributed by atoms with Gasteiger partial charge in [0.15, 0.2) is 5.17 Å². The van der Waals surface area contributed by atoms with Crippen molar-refractivity contribution in [2.45, 2.75) is 11.7 Å². The van der Waals surface area contributed by atoms with Crippen molar-refractivity contribution >= 4 is 56.3 Å². The molecule has 0 radical (unpaired) electrons. The minimum Gasteiger partial charge on any atom is -0.480 e. The maximum Gasteiger partial charge on any atom is 0.323 e. The second-order valence-corrected chi connectivity index (χ2v) is 8.32. The number of hydrogen-bond donors (Lipinski definition) is 2. The van der Waals surface area contributed by atoms with Crippen molar-refractivity contribution in [3.63, 3.8) is 0 Å². The summed E-state index contributed by atoms with van der Waals surface area (Å²) < 4.78 is 14.8. The van der Waals surface area contributed by atoms with E-state index < -0.39 is 29.5 Å². The maximum absolute atomic E-state index is 14.4. The van der Waals surface area contributed by atoms with E-state index in [1.54, 1.807) is 18.2 Å². The molecule has 10 heteroatoms. The van der Waals surface area contributed by atoms with Crippen molar-refractivity contribution in [2.75, 3.05) is 11.4 Å². The summed E-state index contributed by atoms with van der Waals surface area (Å²) in [5.74, 6) is -3.02. The number of amides is 2. The fourth-order valence-electron chi connectivity index (χ4n) is 2.84. The van der Waals surface area contributed by atoms with Crippen LogP contribution in [0.4, 0.5) is 10.1 Å². The van der Waals surface area contributed by atoms with Gasteiger partial charge in [0.25, 0.3) is 11.8 Å². The van der Waals surface area contributed by atoms with Gasteiger partial charge in [0.2, 0.25) is 0 Å². The van der Waals surface area contributed by atoms with Gasteiger partial charge >= 0.3 is 5.97 Å². The van der Waals surface area contributed by atoms with Crippen LogP contribution in [0.2, 0.25) is 0 Å². The van der Waals surface area contributed by atoms with Gasteiger partial charge < -0.3 is 10.8 Å². The Bertz CT molecular complexity index is 1030. The maximum atomic E-state index is 14.4. The third-order valence-electron chi connectivity index (χ3n) is 4.09. The Balaban J connectivity index is 1.88. The molecule has 2 aromatic carbocycles. The van der Waals surface area contributed by atoms with Gasteiger partial charge in [-0.3, -0.25) is 19.3 Å². The van der Waals surface area contributed by atoms with Gasteiger partial charge in [0, 0.05) is 10.0 Å². The van der Waals surface area contributed by atoms with Crippen LogP contribution in [0.15, 0.2) is 51.9 Å². The summed E-state index contributed by atoms with van der Waals surface area (Å²) in [6, 6.07) is 10.4. The molecule has 0 aromatic heterocycles.